The Morgan fingerprint density at radius 2 is 1.85 bits per heavy atom. The second-order valence-corrected chi connectivity index (χ2v) is 6.16. The van der Waals surface area contributed by atoms with E-state index < -0.39 is 6.09 Å². The number of aromatic amines is 2. The molecule has 0 bridgehead atoms. The maximum atomic E-state index is 11.5. The van der Waals surface area contributed by atoms with Gasteiger partial charge in [-0.25, -0.2) is 9.78 Å². The van der Waals surface area contributed by atoms with Gasteiger partial charge in [-0.3, -0.25) is 10.3 Å². The molecule has 3 aromatic heterocycles. The van der Waals surface area contributed by atoms with Crippen molar-refractivity contribution in [1.29, 1.82) is 0 Å². The van der Waals surface area contributed by atoms with Crippen molar-refractivity contribution in [3.8, 4) is 11.3 Å². The minimum atomic E-state index is -0.570. The predicted molar refractivity (Wildman–Crippen MR) is 105 cm³/mol. The van der Waals surface area contributed by atoms with Gasteiger partial charge in [0.2, 0.25) is 5.95 Å². The van der Waals surface area contributed by atoms with Gasteiger partial charge in [0.25, 0.3) is 0 Å². The Kier molecular flexibility index (Phi) is 3.33. The summed E-state index contributed by atoms with van der Waals surface area (Å²) in [5.41, 5.74) is 5.44. The number of carbonyl (C=O) groups is 1. The summed E-state index contributed by atoms with van der Waals surface area (Å²) in [5, 5.41) is 4.58. The molecule has 0 aliphatic carbocycles. The van der Waals surface area contributed by atoms with Gasteiger partial charge in [-0.05, 0) is 18.2 Å². The normalized spacial score (nSPS) is 11.3. The zero-order valence-electron chi connectivity index (χ0n) is 14.4. The minimum absolute atomic E-state index is 0.344. The highest BCUT2D eigenvalue weighted by Crippen LogP contribution is 2.35. The van der Waals surface area contributed by atoms with Crippen LogP contribution < -0.4 is 5.32 Å². The summed E-state index contributed by atoms with van der Waals surface area (Å²) in [6.07, 6.45) is 1.23. The van der Waals surface area contributed by atoms with E-state index in [0.717, 1.165) is 44.1 Å². The molecule has 0 fully saturated rings. The molecule has 7 heteroatoms. The van der Waals surface area contributed by atoms with Crippen molar-refractivity contribution < 1.29 is 9.53 Å². The van der Waals surface area contributed by atoms with E-state index >= 15 is 0 Å². The molecule has 0 radical (unpaired) electrons. The topological polar surface area (TPSA) is 95.7 Å². The van der Waals surface area contributed by atoms with Gasteiger partial charge < -0.3 is 14.7 Å². The first-order chi connectivity index (χ1) is 13.2. The smallest absolute Gasteiger partial charge is 0.413 e. The summed E-state index contributed by atoms with van der Waals surface area (Å²) in [6.45, 7) is 0. The highest BCUT2D eigenvalue weighted by Gasteiger charge is 2.16. The Hall–Kier alpha value is -3.87. The van der Waals surface area contributed by atoms with Crippen molar-refractivity contribution in [2.45, 2.75) is 0 Å². The highest BCUT2D eigenvalue weighted by atomic mass is 16.5. The maximum Gasteiger partial charge on any atom is 0.413 e. The van der Waals surface area contributed by atoms with Crippen LogP contribution in [-0.4, -0.2) is 33.1 Å². The number of amides is 1. The average molecular weight is 357 g/mol. The summed E-state index contributed by atoms with van der Waals surface area (Å²) in [6, 6.07) is 15.9. The zero-order chi connectivity index (χ0) is 18.4. The van der Waals surface area contributed by atoms with E-state index in [4.69, 9.17) is 0 Å². The van der Waals surface area contributed by atoms with E-state index in [9.17, 15) is 4.79 Å². The average Bonchev–Trinajstić information content (AvgIpc) is 3.28. The number of methoxy groups -OCH3 is 1. The fraction of sp³-hybridized carbons (Fsp3) is 0.0500. The van der Waals surface area contributed by atoms with Gasteiger partial charge in [-0.1, -0.05) is 30.3 Å². The Labute approximate surface area is 153 Å². The van der Waals surface area contributed by atoms with Crippen LogP contribution in [0.2, 0.25) is 0 Å². The molecule has 0 spiro atoms. The van der Waals surface area contributed by atoms with Gasteiger partial charge in [-0.2, -0.15) is 0 Å². The quantitative estimate of drug-likeness (QED) is 0.435. The number of benzene rings is 2. The lowest BCUT2D eigenvalue weighted by Crippen LogP contribution is -2.11. The van der Waals surface area contributed by atoms with Gasteiger partial charge in [0.15, 0.2) is 0 Å². The van der Waals surface area contributed by atoms with Crippen molar-refractivity contribution in [2.75, 3.05) is 12.4 Å². The SMILES string of the molecule is COC(=O)Nc1nc2c(ccc3[nH]c4c(-c5ccccc5)nccc4c32)[nH]1. The van der Waals surface area contributed by atoms with Crippen LogP contribution in [0.25, 0.3) is 44.1 Å². The first-order valence-electron chi connectivity index (χ1n) is 8.44. The molecular weight excluding hydrogens is 342 g/mol. The number of imidazole rings is 1. The number of hydrogen-bond acceptors (Lipinski definition) is 4. The van der Waals surface area contributed by atoms with Gasteiger partial charge in [0.05, 0.1) is 23.8 Å². The first-order valence-corrected chi connectivity index (χ1v) is 8.44. The van der Waals surface area contributed by atoms with Crippen LogP contribution in [-0.2, 0) is 4.74 Å². The molecule has 5 aromatic rings. The number of aromatic nitrogens is 4. The molecule has 0 saturated heterocycles. The van der Waals surface area contributed by atoms with E-state index in [-0.39, 0.29) is 0 Å². The molecule has 7 nitrogen and oxygen atoms in total. The Morgan fingerprint density at radius 1 is 1.04 bits per heavy atom. The van der Waals surface area contributed by atoms with Crippen molar-refractivity contribution in [3.63, 3.8) is 0 Å². The predicted octanol–water partition coefficient (Wildman–Crippen LogP) is 4.44. The summed E-state index contributed by atoms with van der Waals surface area (Å²) in [4.78, 5) is 27.2. The number of rotatable bonds is 2. The van der Waals surface area contributed by atoms with Crippen molar-refractivity contribution >= 4 is 44.9 Å². The van der Waals surface area contributed by atoms with Crippen LogP contribution in [0.5, 0.6) is 0 Å². The number of carbonyl (C=O) groups excluding carboxylic acids is 1. The van der Waals surface area contributed by atoms with Crippen LogP contribution in [0, 0.1) is 0 Å². The lowest BCUT2D eigenvalue weighted by atomic mass is 10.1. The Morgan fingerprint density at radius 3 is 2.67 bits per heavy atom. The molecular formula is C20H15N5O2. The molecule has 3 N–H and O–H groups in total. The molecule has 1 amide bonds. The lowest BCUT2D eigenvalue weighted by Gasteiger charge is -2.01. The van der Waals surface area contributed by atoms with E-state index in [1.165, 1.54) is 7.11 Å². The van der Waals surface area contributed by atoms with E-state index in [1.807, 2.05) is 48.5 Å². The van der Waals surface area contributed by atoms with E-state index in [2.05, 4.69) is 30.0 Å². The Bertz CT molecular complexity index is 1300. The number of nitrogens with zero attached hydrogens (tertiary/aromatic N) is 2. The molecule has 3 heterocycles. The zero-order valence-corrected chi connectivity index (χ0v) is 14.4. The largest absolute Gasteiger partial charge is 0.453 e. The number of anilines is 1. The number of ether oxygens (including phenoxy) is 1. The standard InChI is InChI=1S/C20H15N5O2/c1-27-20(26)25-19-23-14-8-7-13-15(18(14)24-19)12-9-10-21-16(17(12)22-13)11-5-3-2-4-6-11/h2-10,22H,1H3,(H2,23,24,25,26). The summed E-state index contributed by atoms with van der Waals surface area (Å²) in [5.74, 6) is 0.344. The third-order valence-electron chi connectivity index (χ3n) is 4.59. The van der Waals surface area contributed by atoms with Crippen LogP contribution in [0.1, 0.15) is 0 Å². The summed E-state index contributed by atoms with van der Waals surface area (Å²) < 4.78 is 4.63. The van der Waals surface area contributed by atoms with Crippen LogP contribution in [0.4, 0.5) is 10.7 Å². The highest BCUT2D eigenvalue weighted by molar-refractivity contribution is 6.20. The number of nitrogens with one attached hydrogen (secondary N) is 3. The van der Waals surface area contributed by atoms with Gasteiger partial charge in [0, 0.05) is 28.0 Å². The Balaban J connectivity index is 1.78. The molecule has 5 rings (SSSR count). The first kappa shape index (κ1) is 15.4. The van der Waals surface area contributed by atoms with Crippen molar-refractivity contribution in [3.05, 3.63) is 54.7 Å². The van der Waals surface area contributed by atoms with Crippen LogP contribution >= 0.6 is 0 Å². The molecule has 0 aliphatic heterocycles. The monoisotopic (exact) mass is 357 g/mol. The maximum absolute atomic E-state index is 11.5. The second kappa shape index (κ2) is 5.84. The third-order valence-corrected chi connectivity index (χ3v) is 4.59. The van der Waals surface area contributed by atoms with Crippen molar-refractivity contribution in [1.82, 2.24) is 19.9 Å². The van der Waals surface area contributed by atoms with Gasteiger partial charge >= 0.3 is 6.09 Å². The molecule has 132 valence electrons. The minimum Gasteiger partial charge on any atom is -0.453 e. The van der Waals surface area contributed by atoms with Crippen LogP contribution in [0.15, 0.2) is 54.7 Å². The molecule has 27 heavy (non-hydrogen) atoms. The fourth-order valence-corrected chi connectivity index (χ4v) is 3.41. The molecule has 2 aromatic carbocycles. The molecule has 0 saturated carbocycles. The molecule has 0 unspecified atom stereocenters. The number of pyridine rings is 1. The molecule has 0 aliphatic rings. The molecule has 0 atom stereocenters. The van der Waals surface area contributed by atoms with Crippen LogP contribution in [0.3, 0.4) is 0 Å². The van der Waals surface area contributed by atoms with E-state index in [1.54, 1.807) is 6.20 Å². The lowest BCUT2D eigenvalue weighted by molar-refractivity contribution is 0.186. The second-order valence-electron chi connectivity index (χ2n) is 6.16. The van der Waals surface area contributed by atoms with Crippen molar-refractivity contribution in [2.24, 2.45) is 0 Å². The number of H-pyrrole nitrogens is 2. The summed E-state index contributed by atoms with van der Waals surface area (Å²) >= 11 is 0. The van der Waals surface area contributed by atoms with Gasteiger partial charge in [0.1, 0.15) is 5.52 Å². The van der Waals surface area contributed by atoms with Gasteiger partial charge in [-0.15, -0.1) is 0 Å². The fourth-order valence-electron chi connectivity index (χ4n) is 3.41. The third kappa shape index (κ3) is 2.40. The summed E-state index contributed by atoms with van der Waals surface area (Å²) in [7, 11) is 1.31. The van der Waals surface area contributed by atoms with E-state index in [0.29, 0.717) is 5.95 Å². The number of hydrogen-bond donors (Lipinski definition) is 3. The number of fused-ring (bicyclic) bond motifs is 5.